The van der Waals surface area contributed by atoms with Crippen molar-refractivity contribution in [3.8, 4) is 0 Å². The Bertz CT molecular complexity index is 567. The number of carbonyl (C=O) groups excluding carboxylic acids is 1. The fourth-order valence-corrected chi connectivity index (χ4v) is 4.46. The van der Waals surface area contributed by atoms with Crippen LogP contribution in [-0.2, 0) is 5.41 Å². The van der Waals surface area contributed by atoms with Gasteiger partial charge in [-0.05, 0) is 37.3 Å². The van der Waals surface area contributed by atoms with E-state index in [9.17, 15) is 9.90 Å². The smallest absolute Gasteiger partial charge is 0.317 e. The first-order valence-electron chi connectivity index (χ1n) is 9.34. The number of hydrogen-bond donors (Lipinski definition) is 2. The first-order chi connectivity index (χ1) is 11.6. The molecule has 2 amide bonds. The highest BCUT2D eigenvalue weighted by atomic mass is 16.3. The zero-order chi connectivity index (χ0) is 17.0. The Morgan fingerprint density at radius 1 is 1.29 bits per heavy atom. The monoisotopic (exact) mass is 330 g/mol. The summed E-state index contributed by atoms with van der Waals surface area (Å²) < 4.78 is 0. The van der Waals surface area contributed by atoms with Crippen molar-refractivity contribution in [3.05, 3.63) is 35.4 Å². The SMILES string of the molecule is Cc1ccccc1C1(CNC(=O)N2CCC(CO)C2)CCCCC1. The third kappa shape index (κ3) is 3.59. The third-order valence-corrected chi connectivity index (χ3v) is 5.94. The predicted molar refractivity (Wildman–Crippen MR) is 96.1 cm³/mol. The molecule has 0 radical (unpaired) electrons. The van der Waals surface area contributed by atoms with Gasteiger partial charge in [-0.15, -0.1) is 0 Å². The van der Waals surface area contributed by atoms with Crippen LogP contribution >= 0.6 is 0 Å². The van der Waals surface area contributed by atoms with Crippen molar-refractivity contribution in [2.45, 2.75) is 50.9 Å². The van der Waals surface area contributed by atoms with Gasteiger partial charge in [0.15, 0.2) is 0 Å². The van der Waals surface area contributed by atoms with Gasteiger partial charge in [-0.1, -0.05) is 43.5 Å². The number of aliphatic hydroxyl groups excluding tert-OH is 1. The minimum Gasteiger partial charge on any atom is -0.396 e. The summed E-state index contributed by atoms with van der Waals surface area (Å²) in [6.07, 6.45) is 6.98. The fourth-order valence-electron chi connectivity index (χ4n) is 4.46. The zero-order valence-corrected chi connectivity index (χ0v) is 14.8. The fraction of sp³-hybridized carbons (Fsp3) is 0.650. The molecule has 2 aliphatic rings. The van der Waals surface area contributed by atoms with Gasteiger partial charge < -0.3 is 15.3 Å². The zero-order valence-electron chi connectivity index (χ0n) is 14.8. The maximum atomic E-state index is 12.5. The number of likely N-dealkylation sites (tertiary alicyclic amines) is 1. The summed E-state index contributed by atoms with van der Waals surface area (Å²) >= 11 is 0. The molecule has 1 aliphatic carbocycles. The number of hydrogen-bond acceptors (Lipinski definition) is 2. The predicted octanol–water partition coefficient (Wildman–Crippen LogP) is 3.22. The van der Waals surface area contributed by atoms with E-state index in [1.54, 1.807) is 0 Å². The summed E-state index contributed by atoms with van der Waals surface area (Å²) in [5.74, 6) is 0.246. The Morgan fingerprint density at radius 3 is 2.71 bits per heavy atom. The van der Waals surface area contributed by atoms with Crippen LogP contribution in [-0.4, -0.2) is 42.3 Å². The number of urea groups is 1. The molecular formula is C20H30N2O2. The summed E-state index contributed by atoms with van der Waals surface area (Å²) in [7, 11) is 0. The van der Waals surface area contributed by atoms with Gasteiger partial charge in [-0.25, -0.2) is 4.79 Å². The second-order valence-electron chi connectivity index (χ2n) is 7.60. The first kappa shape index (κ1) is 17.3. The summed E-state index contributed by atoms with van der Waals surface area (Å²) in [4.78, 5) is 14.4. The Hall–Kier alpha value is -1.55. The second-order valence-corrected chi connectivity index (χ2v) is 7.60. The molecule has 24 heavy (non-hydrogen) atoms. The maximum Gasteiger partial charge on any atom is 0.317 e. The number of nitrogens with one attached hydrogen (secondary N) is 1. The quantitative estimate of drug-likeness (QED) is 0.890. The van der Waals surface area contributed by atoms with E-state index in [2.05, 4.69) is 36.5 Å². The van der Waals surface area contributed by atoms with Crippen LogP contribution in [0.15, 0.2) is 24.3 Å². The highest BCUT2D eigenvalue weighted by Gasteiger charge is 2.36. The number of aliphatic hydroxyl groups is 1. The van der Waals surface area contributed by atoms with Crippen molar-refractivity contribution in [2.24, 2.45) is 5.92 Å². The molecule has 1 unspecified atom stereocenters. The van der Waals surface area contributed by atoms with E-state index in [1.165, 1.54) is 30.4 Å². The number of aryl methyl sites for hydroxylation is 1. The second kappa shape index (κ2) is 7.56. The van der Waals surface area contributed by atoms with Crippen LogP contribution < -0.4 is 5.32 Å². The standard InChI is InChI=1S/C20H30N2O2/c1-16-7-3-4-8-18(16)20(10-5-2-6-11-20)15-21-19(24)22-12-9-17(13-22)14-23/h3-4,7-8,17,23H,2,5-6,9-15H2,1H3,(H,21,24). The third-order valence-electron chi connectivity index (χ3n) is 5.94. The molecule has 2 N–H and O–H groups in total. The molecule has 1 aliphatic heterocycles. The average molecular weight is 330 g/mol. The molecule has 1 atom stereocenters. The number of rotatable bonds is 4. The number of carbonyl (C=O) groups is 1. The molecule has 2 fully saturated rings. The van der Waals surface area contributed by atoms with Gasteiger partial charge in [0.25, 0.3) is 0 Å². The molecular weight excluding hydrogens is 300 g/mol. The molecule has 3 rings (SSSR count). The largest absolute Gasteiger partial charge is 0.396 e. The van der Waals surface area contributed by atoms with Crippen LogP contribution in [0.1, 0.15) is 49.7 Å². The first-order valence-corrected chi connectivity index (χ1v) is 9.34. The lowest BCUT2D eigenvalue weighted by Crippen LogP contribution is -2.47. The number of nitrogens with zero attached hydrogens (tertiary/aromatic N) is 1. The van der Waals surface area contributed by atoms with Crippen LogP contribution in [0.3, 0.4) is 0 Å². The Morgan fingerprint density at radius 2 is 2.04 bits per heavy atom. The van der Waals surface area contributed by atoms with Crippen molar-refractivity contribution in [1.82, 2.24) is 10.2 Å². The molecule has 1 aromatic carbocycles. The van der Waals surface area contributed by atoms with Gasteiger partial charge in [0.2, 0.25) is 0 Å². The van der Waals surface area contributed by atoms with E-state index < -0.39 is 0 Å². The van der Waals surface area contributed by atoms with Crippen molar-refractivity contribution < 1.29 is 9.90 Å². The molecule has 1 heterocycles. The normalized spacial score (nSPS) is 23.2. The van der Waals surface area contributed by atoms with Gasteiger partial charge in [0.1, 0.15) is 0 Å². The Kier molecular flexibility index (Phi) is 5.44. The number of amides is 2. The van der Waals surface area contributed by atoms with Gasteiger partial charge in [0, 0.05) is 37.6 Å². The van der Waals surface area contributed by atoms with E-state index in [0.717, 1.165) is 32.4 Å². The lowest BCUT2D eigenvalue weighted by molar-refractivity contribution is 0.191. The summed E-state index contributed by atoms with van der Waals surface area (Å²) in [5, 5.41) is 12.5. The Labute approximate surface area is 145 Å². The summed E-state index contributed by atoms with van der Waals surface area (Å²) in [5.41, 5.74) is 2.81. The molecule has 0 aromatic heterocycles. The van der Waals surface area contributed by atoms with Gasteiger partial charge >= 0.3 is 6.03 Å². The molecule has 0 spiro atoms. The van der Waals surface area contributed by atoms with E-state index >= 15 is 0 Å². The van der Waals surface area contributed by atoms with Crippen molar-refractivity contribution >= 4 is 6.03 Å². The highest BCUT2D eigenvalue weighted by Crippen LogP contribution is 2.40. The van der Waals surface area contributed by atoms with Crippen molar-refractivity contribution in [2.75, 3.05) is 26.2 Å². The van der Waals surface area contributed by atoms with Crippen LogP contribution in [0.4, 0.5) is 4.79 Å². The van der Waals surface area contributed by atoms with Gasteiger partial charge in [0.05, 0.1) is 0 Å². The molecule has 4 heteroatoms. The van der Waals surface area contributed by atoms with E-state index in [-0.39, 0.29) is 24.0 Å². The van der Waals surface area contributed by atoms with E-state index in [1.807, 2.05) is 4.90 Å². The molecule has 4 nitrogen and oxygen atoms in total. The molecule has 1 saturated heterocycles. The average Bonchev–Trinajstić information content (AvgIpc) is 3.10. The highest BCUT2D eigenvalue weighted by molar-refractivity contribution is 5.74. The topological polar surface area (TPSA) is 52.6 Å². The molecule has 1 aromatic rings. The lowest BCUT2D eigenvalue weighted by atomic mass is 9.68. The van der Waals surface area contributed by atoms with Crippen LogP contribution in [0.25, 0.3) is 0 Å². The maximum absolute atomic E-state index is 12.5. The van der Waals surface area contributed by atoms with Crippen LogP contribution in [0, 0.1) is 12.8 Å². The van der Waals surface area contributed by atoms with Gasteiger partial charge in [-0.3, -0.25) is 0 Å². The van der Waals surface area contributed by atoms with Crippen LogP contribution in [0.5, 0.6) is 0 Å². The minimum atomic E-state index is 0.0319. The molecule has 132 valence electrons. The van der Waals surface area contributed by atoms with E-state index in [4.69, 9.17) is 0 Å². The summed E-state index contributed by atoms with van der Waals surface area (Å²) in [6.45, 7) is 4.52. The lowest BCUT2D eigenvalue weighted by Gasteiger charge is -2.39. The van der Waals surface area contributed by atoms with Crippen LogP contribution in [0.2, 0.25) is 0 Å². The molecule has 0 bridgehead atoms. The Balaban J connectivity index is 1.69. The minimum absolute atomic E-state index is 0.0319. The summed E-state index contributed by atoms with van der Waals surface area (Å²) in [6, 6.07) is 8.66. The van der Waals surface area contributed by atoms with E-state index in [0.29, 0.717) is 6.54 Å². The number of benzene rings is 1. The molecule has 1 saturated carbocycles. The van der Waals surface area contributed by atoms with Crippen molar-refractivity contribution in [3.63, 3.8) is 0 Å². The van der Waals surface area contributed by atoms with Crippen molar-refractivity contribution in [1.29, 1.82) is 0 Å². The van der Waals surface area contributed by atoms with Gasteiger partial charge in [-0.2, -0.15) is 0 Å².